The van der Waals surface area contributed by atoms with Crippen LogP contribution < -0.4 is 9.62 Å². The number of para-hydroxylation sites is 1. The molecule has 0 aliphatic heterocycles. The molecule has 1 atom stereocenters. The lowest BCUT2D eigenvalue weighted by molar-refractivity contribution is -0.139. The Bertz CT molecular complexity index is 1350. The molecule has 37 heavy (non-hydrogen) atoms. The Morgan fingerprint density at radius 1 is 0.919 bits per heavy atom. The van der Waals surface area contributed by atoms with Crippen LogP contribution in [0.2, 0.25) is 0 Å². The van der Waals surface area contributed by atoms with Crippen LogP contribution in [0.5, 0.6) is 0 Å². The first-order chi connectivity index (χ1) is 17.6. The van der Waals surface area contributed by atoms with Crippen LogP contribution in [0, 0.1) is 13.8 Å². The van der Waals surface area contributed by atoms with Gasteiger partial charge in [0.1, 0.15) is 12.6 Å². The van der Waals surface area contributed by atoms with Gasteiger partial charge in [0.05, 0.1) is 10.6 Å². The molecule has 0 saturated heterocycles. The highest BCUT2D eigenvalue weighted by molar-refractivity contribution is 7.92. The number of nitrogens with zero attached hydrogens (tertiary/aromatic N) is 2. The van der Waals surface area contributed by atoms with Gasteiger partial charge in [0.15, 0.2) is 0 Å². The van der Waals surface area contributed by atoms with Crippen molar-refractivity contribution in [1.29, 1.82) is 0 Å². The lowest BCUT2D eigenvalue weighted by Crippen LogP contribution is -2.50. The first-order valence-corrected chi connectivity index (χ1v) is 13.8. The maximum absolute atomic E-state index is 13.9. The Balaban J connectivity index is 2.07. The summed E-state index contributed by atoms with van der Waals surface area (Å²) in [7, 11) is -2.56. The summed E-state index contributed by atoms with van der Waals surface area (Å²) in [6, 6.07) is 20.6. The van der Waals surface area contributed by atoms with E-state index in [2.05, 4.69) is 5.32 Å². The monoisotopic (exact) mass is 521 g/mol. The van der Waals surface area contributed by atoms with Gasteiger partial charge in [-0.1, -0.05) is 72.6 Å². The number of nitrogens with one attached hydrogen (secondary N) is 1. The lowest BCUT2D eigenvalue weighted by Gasteiger charge is -2.32. The minimum atomic E-state index is -4.08. The van der Waals surface area contributed by atoms with Gasteiger partial charge >= 0.3 is 0 Å². The molecule has 0 aliphatic carbocycles. The number of hydrogen-bond acceptors (Lipinski definition) is 4. The molecule has 0 heterocycles. The van der Waals surface area contributed by atoms with Gasteiger partial charge in [-0.2, -0.15) is 0 Å². The van der Waals surface area contributed by atoms with Gasteiger partial charge in [-0.05, 0) is 56.5 Å². The van der Waals surface area contributed by atoms with Crippen molar-refractivity contribution >= 4 is 27.5 Å². The van der Waals surface area contributed by atoms with Crippen molar-refractivity contribution < 1.29 is 18.0 Å². The van der Waals surface area contributed by atoms with E-state index in [1.54, 1.807) is 43.3 Å². The van der Waals surface area contributed by atoms with Crippen molar-refractivity contribution in [2.45, 2.75) is 51.6 Å². The maximum atomic E-state index is 13.9. The summed E-state index contributed by atoms with van der Waals surface area (Å²) in [4.78, 5) is 28.0. The van der Waals surface area contributed by atoms with Gasteiger partial charge < -0.3 is 10.2 Å². The second-order valence-corrected chi connectivity index (χ2v) is 11.0. The number of sulfonamides is 1. The standard InChI is InChI=1S/C29H35N3O4S/c1-6-25-12-7-8-13-27(25)32(37(35,36)26-16-14-21(2)15-17-26)20-28(33)31(23(4)29(34)30-5)19-24-11-9-10-22(3)18-24/h7-18,23H,6,19-20H2,1-5H3,(H,30,34)/t23-/m0/s1. The van der Waals surface area contributed by atoms with E-state index in [4.69, 9.17) is 0 Å². The Morgan fingerprint density at radius 3 is 2.22 bits per heavy atom. The first-order valence-electron chi connectivity index (χ1n) is 12.3. The maximum Gasteiger partial charge on any atom is 0.264 e. The second-order valence-electron chi connectivity index (χ2n) is 9.11. The number of anilines is 1. The van der Waals surface area contributed by atoms with Crippen LogP contribution in [0.25, 0.3) is 0 Å². The number of amides is 2. The molecular formula is C29H35N3O4S. The third-order valence-corrected chi connectivity index (χ3v) is 8.15. The topological polar surface area (TPSA) is 86.8 Å². The molecule has 3 aromatic carbocycles. The zero-order valence-electron chi connectivity index (χ0n) is 22.1. The van der Waals surface area contributed by atoms with Gasteiger partial charge in [-0.15, -0.1) is 0 Å². The van der Waals surface area contributed by atoms with Gasteiger partial charge in [0.2, 0.25) is 11.8 Å². The summed E-state index contributed by atoms with van der Waals surface area (Å²) in [6.07, 6.45) is 0.589. The first kappa shape index (κ1) is 27.9. The van der Waals surface area contributed by atoms with Crippen LogP contribution in [-0.2, 0) is 32.6 Å². The van der Waals surface area contributed by atoms with Crippen LogP contribution in [0.15, 0.2) is 77.7 Å². The summed E-state index contributed by atoms with van der Waals surface area (Å²) in [5.41, 5.74) is 4.06. The van der Waals surface area contributed by atoms with E-state index in [0.29, 0.717) is 12.1 Å². The van der Waals surface area contributed by atoms with Gasteiger partial charge in [0.25, 0.3) is 10.0 Å². The third-order valence-electron chi connectivity index (χ3n) is 6.38. The average Bonchev–Trinajstić information content (AvgIpc) is 2.89. The number of hydrogen-bond donors (Lipinski definition) is 1. The summed E-state index contributed by atoms with van der Waals surface area (Å²) in [5.74, 6) is -0.804. The summed E-state index contributed by atoms with van der Waals surface area (Å²) in [6.45, 7) is 7.15. The van der Waals surface area contributed by atoms with Crippen molar-refractivity contribution in [2.75, 3.05) is 17.9 Å². The van der Waals surface area contributed by atoms with E-state index in [9.17, 15) is 18.0 Å². The van der Waals surface area contributed by atoms with Crippen LogP contribution in [-0.4, -0.2) is 44.8 Å². The minimum Gasteiger partial charge on any atom is -0.357 e. The number of carbonyl (C=O) groups is 2. The number of likely N-dealkylation sites (N-methyl/N-ethyl adjacent to an activating group) is 1. The highest BCUT2D eigenvalue weighted by Gasteiger charge is 2.33. The zero-order chi connectivity index (χ0) is 27.2. The number of aryl methyl sites for hydroxylation is 3. The van der Waals surface area contributed by atoms with Crippen LogP contribution >= 0.6 is 0 Å². The van der Waals surface area contributed by atoms with E-state index >= 15 is 0 Å². The number of rotatable bonds is 10. The van der Waals surface area contributed by atoms with Crippen molar-refractivity contribution in [3.63, 3.8) is 0 Å². The molecule has 196 valence electrons. The Morgan fingerprint density at radius 2 is 1.59 bits per heavy atom. The summed E-state index contributed by atoms with van der Waals surface area (Å²) >= 11 is 0. The highest BCUT2D eigenvalue weighted by atomic mass is 32.2. The number of benzene rings is 3. The highest BCUT2D eigenvalue weighted by Crippen LogP contribution is 2.28. The zero-order valence-corrected chi connectivity index (χ0v) is 22.9. The second kappa shape index (κ2) is 12.1. The molecule has 3 rings (SSSR count). The molecular weight excluding hydrogens is 486 g/mol. The quantitative estimate of drug-likeness (QED) is 0.433. The lowest BCUT2D eigenvalue weighted by atomic mass is 10.1. The predicted octanol–water partition coefficient (Wildman–Crippen LogP) is 4.22. The van der Waals surface area contributed by atoms with Crippen molar-refractivity contribution in [1.82, 2.24) is 10.2 Å². The fraction of sp³-hybridized carbons (Fsp3) is 0.310. The molecule has 3 aromatic rings. The van der Waals surface area contributed by atoms with E-state index in [1.165, 1.54) is 16.3 Å². The van der Waals surface area contributed by atoms with Gasteiger partial charge in [0, 0.05) is 13.6 Å². The SMILES string of the molecule is CCc1ccccc1N(CC(=O)N(Cc1cccc(C)c1)[C@@H](C)C(=O)NC)S(=O)(=O)c1ccc(C)cc1. The van der Waals surface area contributed by atoms with Crippen molar-refractivity contribution in [3.8, 4) is 0 Å². The molecule has 2 amide bonds. The fourth-order valence-electron chi connectivity index (χ4n) is 4.20. The molecule has 1 N–H and O–H groups in total. The van der Waals surface area contributed by atoms with Crippen molar-refractivity contribution in [2.24, 2.45) is 0 Å². The average molecular weight is 522 g/mol. The molecule has 0 saturated carbocycles. The van der Waals surface area contributed by atoms with Crippen LogP contribution in [0.3, 0.4) is 0 Å². The Labute approximate surface area is 220 Å². The van der Waals surface area contributed by atoms with Crippen molar-refractivity contribution in [3.05, 3.63) is 95.1 Å². The summed E-state index contributed by atoms with van der Waals surface area (Å²) < 4.78 is 29.0. The molecule has 8 heteroatoms. The molecule has 0 aliphatic rings. The van der Waals surface area contributed by atoms with E-state index in [1.807, 2.05) is 57.2 Å². The molecule has 0 aromatic heterocycles. The molecule has 0 bridgehead atoms. The summed E-state index contributed by atoms with van der Waals surface area (Å²) in [5, 5.41) is 2.60. The Hall–Kier alpha value is -3.65. The van der Waals surface area contributed by atoms with Gasteiger partial charge in [-0.3, -0.25) is 13.9 Å². The fourth-order valence-corrected chi connectivity index (χ4v) is 5.65. The Kier molecular flexibility index (Phi) is 9.10. The molecule has 7 nitrogen and oxygen atoms in total. The van der Waals surface area contributed by atoms with Crippen LogP contribution in [0.1, 0.15) is 36.1 Å². The molecule has 0 spiro atoms. The van der Waals surface area contributed by atoms with E-state index < -0.39 is 28.5 Å². The smallest absolute Gasteiger partial charge is 0.264 e. The normalized spacial score (nSPS) is 12.0. The van der Waals surface area contributed by atoms with E-state index in [0.717, 1.165) is 22.3 Å². The number of carbonyl (C=O) groups excluding carboxylic acids is 2. The third kappa shape index (κ3) is 6.57. The van der Waals surface area contributed by atoms with E-state index in [-0.39, 0.29) is 17.3 Å². The van der Waals surface area contributed by atoms with Gasteiger partial charge in [-0.25, -0.2) is 8.42 Å². The molecule has 0 unspecified atom stereocenters. The largest absolute Gasteiger partial charge is 0.357 e. The predicted molar refractivity (Wildman–Crippen MR) is 147 cm³/mol. The molecule has 0 fully saturated rings. The molecule has 0 radical (unpaired) electrons. The minimum absolute atomic E-state index is 0.0985. The van der Waals surface area contributed by atoms with Crippen LogP contribution in [0.4, 0.5) is 5.69 Å².